The summed E-state index contributed by atoms with van der Waals surface area (Å²) in [5.41, 5.74) is 5.15. The molecule has 8 heteroatoms. The third kappa shape index (κ3) is 4.80. The minimum Gasteiger partial charge on any atom is -0.298 e. The zero-order chi connectivity index (χ0) is 23.7. The third-order valence-electron chi connectivity index (χ3n) is 6.74. The van der Waals surface area contributed by atoms with E-state index in [2.05, 4.69) is 35.4 Å². The predicted octanol–water partition coefficient (Wildman–Crippen LogP) is 5.36. The Morgan fingerprint density at radius 3 is 2.59 bits per heavy atom. The van der Waals surface area contributed by atoms with Gasteiger partial charge >= 0.3 is 0 Å². The van der Waals surface area contributed by atoms with Gasteiger partial charge in [0, 0.05) is 29.6 Å². The molecule has 1 N–H and O–H groups in total. The number of thiazole rings is 1. The maximum Gasteiger partial charge on any atom is 0.257 e. The number of anilines is 1. The van der Waals surface area contributed by atoms with Crippen molar-refractivity contribution in [2.45, 2.75) is 50.3 Å². The van der Waals surface area contributed by atoms with E-state index in [0.717, 1.165) is 36.9 Å². The van der Waals surface area contributed by atoms with Gasteiger partial charge in [-0.3, -0.25) is 10.1 Å². The Hall–Kier alpha value is -2.55. The number of aromatic nitrogens is 1. The lowest BCUT2D eigenvalue weighted by molar-refractivity contribution is 0.102. The van der Waals surface area contributed by atoms with E-state index < -0.39 is 10.0 Å². The monoisotopic (exact) mass is 495 g/mol. The lowest BCUT2D eigenvalue weighted by atomic mass is 9.90. The van der Waals surface area contributed by atoms with Crippen molar-refractivity contribution < 1.29 is 13.2 Å². The van der Waals surface area contributed by atoms with E-state index in [0.29, 0.717) is 29.7 Å². The van der Waals surface area contributed by atoms with E-state index in [1.165, 1.54) is 47.4 Å². The van der Waals surface area contributed by atoms with Crippen LogP contribution in [0.1, 0.15) is 54.1 Å². The van der Waals surface area contributed by atoms with Crippen LogP contribution in [-0.2, 0) is 22.9 Å². The van der Waals surface area contributed by atoms with Crippen LogP contribution in [0.25, 0.3) is 11.3 Å². The van der Waals surface area contributed by atoms with Crippen molar-refractivity contribution in [1.82, 2.24) is 9.29 Å². The molecular formula is C26H29N3O3S2. The molecule has 1 aliphatic carbocycles. The first-order valence-corrected chi connectivity index (χ1v) is 14.2. The second-order valence-corrected chi connectivity index (χ2v) is 12.1. The Bertz CT molecular complexity index is 1300. The van der Waals surface area contributed by atoms with E-state index >= 15 is 0 Å². The highest BCUT2D eigenvalue weighted by Crippen LogP contribution is 2.30. The van der Waals surface area contributed by atoms with Crippen LogP contribution >= 0.6 is 11.3 Å². The zero-order valence-corrected chi connectivity index (χ0v) is 20.9. The number of carbonyl (C=O) groups excluding carboxylic acids is 1. The van der Waals surface area contributed by atoms with Crippen molar-refractivity contribution in [2.24, 2.45) is 5.92 Å². The van der Waals surface area contributed by atoms with Gasteiger partial charge in [-0.15, -0.1) is 11.3 Å². The summed E-state index contributed by atoms with van der Waals surface area (Å²) in [7, 11) is -3.54. The highest BCUT2D eigenvalue weighted by Gasteiger charge is 2.28. The van der Waals surface area contributed by atoms with Crippen LogP contribution in [0.4, 0.5) is 5.13 Å². The molecule has 0 spiro atoms. The summed E-state index contributed by atoms with van der Waals surface area (Å²) in [6.07, 6.45) is 6.67. The second-order valence-electron chi connectivity index (χ2n) is 9.32. The molecule has 2 heterocycles. The number of aryl methyl sites for hydroxylation is 2. The summed E-state index contributed by atoms with van der Waals surface area (Å²) >= 11 is 1.39. The van der Waals surface area contributed by atoms with Crippen LogP contribution in [0.3, 0.4) is 0 Å². The van der Waals surface area contributed by atoms with E-state index in [1.54, 1.807) is 16.4 Å². The van der Waals surface area contributed by atoms with Gasteiger partial charge in [0.05, 0.1) is 10.6 Å². The van der Waals surface area contributed by atoms with Gasteiger partial charge in [-0.1, -0.05) is 19.1 Å². The maximum absolute atomic E-state index is 12.9. The van der Waals surface area contributed by atoms with E-state index in [9.17, 15) is 13.2 Å². The molecule has 2 aromatic carbocycles. The zero-order valence-electron chi connectivity index (χ0n) is 19.3. The van der Waals surface area contributed by atoms with Crippen LogP contribution in [0.5, 0.6) is 0 Å². The molecule has 3 aromatic rings. The van der Waals surface area contributed by atoms with Gasteiger partial charge in [-0.2, -0.15) is 4.31 Å². The fourth-order valence-electron chi connectivity index (χ4n) is 4.82. The summed E-state index contributed by atoms with van der Waals surface area (Å²) in [5.74, 6) is 0.0555. The normalized spacial score (nSPS) is 18.9. The Kier molecular flexibility index (Phi) is 6.55. The minimum atomic E-state index is -3.54. The van der Waals surface area contributed by atoms with Gasteiger partial charge in [0.2, 0.25) is 10.0 Å². The van der Waals surface area contributed by atoms with Crippen molar-refractivity contribution in [1.29, 1.82) is 0 Å². The first-order valence-electron chi connectivity index (χ1n) is 11.9. The highest BCUT2D eigenvalue weighted by molar-refractivity contribution is 7.89. The highest BCUT2D eigenvalue weighted by atomic mass is 32.2. The van der Waals surface area contributed by atoms with E-state index in [1.807, 2.05) is 5.38 Å². The smallest absolute Gasteiger partial charge is 0.257 e. The average Bonchev–Trinajstić information content (AvgIpc) is 3.32. The van der Waals surface area contributed by atoms with Crippen LogP contribution in [0.15, 0.2) is 52.7 Å². The third-order valence-corrected chi connectivity index (χ3v) is 9.38. The summed E-state index contributed by atoms with van der Waals surface area (Å²) in [6.45, 7) is 3.16. The molecule has 1 saturated heterocycles. The molecule has 1 unspecified atom stereocenters. The molecule has 2 aliphatic rings. The van der Waals surface area contributed by atoms with Crippen LogP contribution in [0, 0.1) is 5.92 Å². The SMILES string of the molecule is CC1CCCN(S(=O)(=O)c2ccc(C(=O)Nc3nc(-c4ccc5c(c4)CCCC5)cs3)cc2)C1. The van der Waals surface area contributed by atoms with Crippen molar-refractivity contribution in [3.05, 3.63) is 64.5 Å². The first kappa shape index (κ1) is 23.2. The van der Waals surface area contributed by atoms with Gasteiger partial charge in [-0.05, 0) is 85.9 Å². The average molecular weight is 496 g/mol. The summed E-state index contributed by atoms with van der Waals surface area (Å²) in [5, 5.41) is 5.33. The molecule has 1 amide bonds. The molecule has 0 radical (unpaired) electrons. The molecule has 6 nitrogen and oxygen atoms in total. The fourth-order valence-corrected chi connectivity index (χ4v) is 7.13. The molecule has 178 valence electrons. The van der Waals surface area contributed by atoms with Gasteiger partial charge in [0.1, 0.15) is 0 Å². The lowest BCUT2D eigenvalue weighted by Crippen LogP contribution is -2.39. The van der Waals surface area contributed by atoms with Crippen LogP contribution in [0.2, 0.25) is 0 Å². The first-order chi connectivity index (χ1) is 16.4. The number of benzene rings is 2. The van der Waals surface area contributed by atoms with Crippen molar-refractivity contribution >= 4 is 32.4 Å². The number of rotatable bonds is 5. The molecule has 1 fully saturated rings. The number of nitrogens with zero attached hydrogens (tertiary/aromatic N) is 2. The predicted molar refractivity (Wildman–Crippen MR) is 136 cm³/mol. The van der Waals surface area contributed by atoms with Gasteiger partial charge in [-0.25, -0.2) is 13.4 Å². The van der Waals surface area contributed by atoms with E-state index in [-0.39, 0.29) is 10.8 Å². The summed E-state index contributed by atoms with van der Waals surface area (Å²) < 4.78 is 27.4. The Morgan fingerprint density at radius 2 is 1.82 bits per heavy atom. The quantitative estimate of drug-likeness (QED) is 0.517. The molecule has 0 saturated carbocycles. The Labute approximate surface area is 205 Å². The topological polar surface area (TPSA) is 79.4 Å². The number of piperidine rings is 1. The number of amides is 1. The van der Waals surface area contributed by atoms with Crippen LogP contribution < -0.4 is 5.32 Å². The molecular weight excluding hydrogens is 466 g/mol. The standard InChI is InChI=1S/C26H29N3O3S2/c1-18-5-4-14-29(16-18)34(31,32)23-12-10-20(11-13-23)25(30)28-26-27-24(17-33-26)22-9-8-19-6-2-3-7-21(19)15-22/h8-13,15,17-18H,2-7,14,16H2,1H3,(H,27,28,30). The molecule has 0 bridgehead atoms. The molecule has 1 aliphatic heterocycles. The summed E-state index contributed by atoms with van der Waals surface area (Å²) in [4.78, 5) is 17.6. The molecule has 5 rings (SSSR count). The van der Waals surface area contributed by atoms with Gasteiger partial charge in [0.15, 0.2) is 5.13 Å². The minimum absolute atomic E-state index is 0.224. The van der Waals surface area contributed by atoms with Crippen LogP contribution in [-0.4, -0.2) is 36.7 Å². The number of hydrogen-bond acceptors (Lipinski definition) is 5. The van der Waals surface area contributed by atoms with Crippen molar-refractivity contribution in [2.75, 3.05) is 18.4 Å². The fraction of sp³-hybridized carbons (Fsp3) is 0.385. The largest absolute Gasteiger partial charge is 0.298 e. The molecule has 1 atom stereocenters. The Balaban J connectivity index is 1.27. The van der Waals surface area contributed by atoms with E-state index in [4.69, 9.17) is 0 Å². The number of carbonyl (C=O) groups is 1. The number of fused-ring (bicyclic) bond motifs is 1. The van der Waals surface area contributed by atoms with Gasteiger partial charge in [0.25, 0.3) is 5.91 Å². The van der Waals surface area contributed by atoms with Crippen molar-refractivity contribution in [3.8, 4) is 11.3 Å². The summed E-state index contributed by atoms with van der Waals surface area (Å²) in [6, 6.07) is 12.7. The molecule has 34 heavy (non-hydrogen) atoms. The lowest BCUT2D eigenvalue weighted by Gasteiger charge is -2.30. The van der Waals surface area contributed by atoms with Crippen molar-refractivity contribution in [3.63, 3.8) is 0 Å². The Morgan fingerprint density at radius 1 is 1.06 bits per heavy atom. The number of sulfonamides is 1. The maximum atomic E-state index is 12.9. The number of hydrogen-bond donors (Lipinski definition) is 1. The van der Waals surface area contributed by atoms with Gasteiger partial charge < -0.3 is 0 Å². The molecule has 1 aromatic heterocycles. The number of nitrogens with one attached hydrogen (secondary N) is 1. The second kappa shape index (κ2) is 9.60.